The van der Waals surface area contributed by atoms with Gasteiger partial charge < -0.3 is 19.2 Å². The van der Waals surface area contributed by atoms with Crippen LogP contribution >= 0.6 is 0 Å². The standard InChI is InChI=1S/C24H21N7O4/c1-15-9-21(29-35-15)28-22(32)14-30(2)24(33)18-10-20(16-5-3-7-25-11-16)27-23-19(18)12-26-31(23)13-17-6-4-8-34-17/h3-12H,13-14H2,1-2H3,(H,28,29,32). The Labute approximate surface area is 199 Å². The molecule has 5 rings (SSSR count). The maximum absolute atomic E-state index is 13.5. The number of carbonyl (C=O) groups excluding carboxylic acids is 2. The lowest BCUT2D eigenvalue weighted by molar-refractivity contribution is -0.116. The molecule has 0 bridgehead atoms. The molecular weight excluding hydrogens is 450 g/mol. The zero-order chi connectivity index (χ0) is 24.4. The maximum atomic E-state index is 13.5. The molecule has 0 atom stereocenters. The number of hydrogen-bond acceptors (Lipinski definition) is 8. The summed E-state index contributed by atoms with van der Waals surface area (Å²) >= 11 is 0. The summed E-state index contributed by atoms with van der Waals surface area (Å²) in [5, 5.41) is 11.4. The van der Waals surface area contributed by atoms with Gasteiger partial charge in [0.1, 0.15) is 18.1 Å². The number of hydrogen-bond donors (Lipinski definition) is 1. The number of nitrogens with one attached hydrogen (secondary N) is 1. The zero-order valence-electron chi connectivity index (χ0n) is 19.0. The van der Waals surface area contributed by atoms with Crippen molar-refractivity contribution in [1.29, 1.82) is 0 Å². The first-order valence-corrected chi connectivity index (χ1v) is 10.8. The van der Waals surface area contributed by atoms with Crippen LogP contribution in [0.5, 0.6) is 0 Å². The normalized spacial score (nSPS) is 11.0. The van der Waals surface area contributed by atoms with Crippen molar-refractivity contribution < 1.29 is 18.5 Å². The zero-order valence-corrected chi connectivity index (χ0v) is 19.0. The second-order valence-electron chi connectivity index (χ2n) is 7.95. The van der Waals surface area contributed by atoms with Gasteiger partial charge in [-0.3, -0.25) is 14.6 Å². The highest BCUT2D eigenvalue weighted by Gasteiger charge is 2.22. The van der Waals surface area contributed by atoms with E-state index in [2.05, 4.69) is 20.6 Å². The van der Waals surface area contributed by atoms with Crippen molar-refractivity contribution in [2.45, 2.75) is 13.5 Å². The van der Waals surface area contributed by atoms with Gasteiger partial charge in [-0.25, -0.2) is 9.67 Å². The van der Waals surface area contributed by atoms with Crippen LogP contribution in [0.25, 0.3) is 22.3 Å². The minimum absolute atomic E-state index is 0.183. The first kappa shape index (κ1) is 22.0. The molecule has 35 heavy (non-hydrogen) atoms. The fourth-order valence-electron chi connectivity index (χ4n) is 3.65. The van der Waals surface area contributed by atoms with E-state index >= 15 is 0 Å². The number of aromatic nitrogens is 5. The lowest BCUT2D eigenvalue weighted by Crippen LogP contribution is -2.35. The van der Waals surface area contributed by atoms with Crippen LogP contribution < -0.4 is 5.32 Å². The van der Waals surface area contributed by atoms with Gasteiger partial charge in [-0.1, -0.05) is 5.16 Å². The third-order valence-electron chi connectivity index (χ3n) is 5.31. The second kappa shape index (κ2) is 9.21. The molecule has 0 radical (unpaired) electrons. The van der Waals surface area contributed by atoms with Crippen LogP contribution in [0.4, 0.5) is 5.82 Å². The Kier molecular flexibility index (Phi) is 5.80. The average Bonchev–Trinajstić information content (AvgIpc) is 3.61. The van der Waals surface area contributed by atoms with E-state index in [0.717, 1.165) is 5.56 Å². The van der Waals surface area contributed by atoms with Crippen molar-refractivity contribution in [2.75, 3.05) is 18.9 Å². The lowest BCUT2D eigenvalue weighted by Gasteiger charge is -2.17. The largest absolute Gasteiger partial charge is 0.467 e. The summed E-state index contributed by atoms with van der Waals surface area (Å²) in [7, 11) is 1.55. The van der Waals surface area contributed by atoms with E-state index in [9.17, 15) is 9.59 Å². The molecule has 5 heterocycles. The third kappa shape index (κ3) is 4.64. The topological polar surface area (TPSA) is 132 Å². The van der Waals surface area contributed by atoms with Crippen LogP contribution in [-0.2, 0) is 11.3 Å². The molecule has 2 amide bonds. The van der Waals surface area contributed by atoms with E-state index in [4.69, 9.17) is 13.9 Å². The lowest BCUT2D eigenvalue weighted by atomic mass is 10.1. The Hall–Kier alpha value is -4.80. The number of nitrogens with zero attached hydrogens (tertiary/aromatic N) is 6. The molecule has 5 aromatic rings. The number of pyridine rings is 2. The Bertz CT molecular complexity index is 1490. The number of furan rings is 1. The van der Waals surface area contributed by atoms with Gasteiger partial charge in [-0.05, 0) is 37.3 Å². The van der Waals surface area contributed by atoms with Gasteiger partial charge in [-0.15, -0.1) is 0 Å². The van der Waals surface area contributed by atoms with Gasteiger partial charge in [0.25, 0.3) is 5.91 Å². The van der Waals surface area contributed by atoms with Crippen LogP contribution in [0.2, 0.25) is 0 Å². The minimum atomic E-state index is -0.402. The summed E-state index contributed by atoms with van der Waals surface area (Å²) in [6, 6.07) is 10.6. The van der Waals surface area contributed by atoms with Crippen molar-refractivity contribution in [3.05, 3.63) is 78.3 Å². The fourth-order valence-corrected chi connectivity index (χ4v) is 3.65. The Morgan fingerprint density at radius 2 is 2.06 bits per heavy atom. The number of likely N-dealkylation sites (N-methyl/N-ethyl adjacent to an activating group) is 1. The third-order valence-corrected chi connectivity index (χ3v) is 5.31. The van der Waals surface area contributed by atoms with Crippen LogP contribution in [0, 0.1) is 6.92 Å². The molecule has 11 nitrogen and oxygen atoms in total. The number of amides is 2. The van der Waals surface area contributed by atoms with Gasteiger partial charge in [0, 0.05) is 31.1 Å². The molecule has 0 aromatic carbocycles. The van der Waals surface area contributed by atoms with E-state index in [-0.39, 0.29) is 18.3 Å². The number of carbonyl (C=O) groups is 2. The summed E-state index contributed by atoms with van der Waals surface area (Å²) in [4.78, 5) is 36.2. The first-order valence-electron chi connectivity index (χ1n) is 10.8. The van der Waals surface area contributed by atoms with Gasteiger partial charge in [0.05, 0.1) is 35.6 Å². The maximum Gasteiger partial charge on any atom is 0.254 e. The van der Waals surface area contributed by atoms with Crippen LogP contribution in [-0.4, -0.2) is 55.2 Å². The molecule has 0 unspecified atom stereocenters. The fraction of sp³-hybridized carbons (Fsp3) is 0.167. The Balaban J connectivity index is 1.48. The molecule has 0 saturated carbocycles. The van der Waals surface area contributed by atoms with Crippen molar-refractivity contribution in [2.24, 2.45) is 0 Å². The van der Waals surface area contributed by atoms with E-state index in [0.29, 0.717) is 40.4 Å². The molecule has 11 heteroatoms. The molecule has 0 aliphatic heterocycles. The van der Waals surface area contributed by atoms with Crippen molar-refractivity contribution in [3.8, 4) is 11.3 Å². The van der Waals surface area contributed by atoms with Gasteiger partial charge in [-0.2, -0.15) is 5.10 Å². The second-order valence-corrected chi connectivity index (χ2v) is 7.95. The number of aryl methyl sites for hydroxylation is 1. The summed E-state index contributed by atoms with van der Waals surface area (Å²) in [5.74, 6) is 0.802. The van der Waals surface area contributed by atoms with Crippen molar-refractivity contribution in [1.82, 2.24) is 29.8 Å². The molecular formula is C24H21N7O4. The SMILES string of the molecule is Cc1cc(NC(=O)CN(C)C(=O)c2cc(-c3cccnc3)nc3c2cnn3Cc2ccco2)no1. The summed E-state index contributed by atoms with van der Waals surface area (Å²) < 4.78 is 12.1. The molecule has 5 aromatic heterocycles. The Morgan fingerprint density at radius 1 is 1.17 bits per heavy atom. The smallest absolute Gasteiger partial charge is 0.254 e. The monoisotopic (exact) mass is 471 g/mol. The predicted molar refractivity (Wildman–Crippen MR) is 125 cm³/mol. The predicted octanol–water partition coefficient (Wildman–Crippen LogP) is 3.14. The van der Waals surface area contributed by atoms with Crippen LogP contribution in [0.1, 0.15) is 21.9 Å². The van der Waals surface area contributed by atoms with Crippen molar-refractivity contribution in [3.63, 3.8) is 0 Å². The highest BCUT2D eigenvalue weighted by Crippen LogP contribution is 2.26. The highest BCUT2D eigenvalue weighted by molar-refractivity contribution is 6.07. The summed E-state index contributed by atoms with van der Waals surface area (Å²) in [6.45, 7) is 1.89. The highest BCUT2D eigenvalue weighted by atomic mass is 16.5. The summed E-state index contributed by atoms with van der Waals surface area (Å²) in [6.07, 6.45) is 6.52. The van der Waals surface area contributed by atoms with E-state index in [1.807, 2.05) is 12.1 Å². The van der Waals surface area contributed by atoms with Crippen LogP contribution in [0.3, 0.4) is 0 Å². The summed E-state index contributed by atoms with van der Waals surface area (Å²) in [5.41, 5.74) is 2.19. The Morgan fingerprint density at radius 3 is 2.77 bits per heavy atom. The van der Waals surface area contributed by atoms with Crippen LogP contribution in [0.15, 0.2) is 70.2 Å². The first-order chi connectivity index (χ1) is 17.0. The number of anilines is 1. The van der Waals surface area contributed by atoms with Crippen molar-refractivity contribution >= 4 is 28.7 Å². The molecule has 0 fully saturated rings. The molecule has 0 aliphatic carbocycles. The molecule has 176 valence electrons. The van der Waals surface area contributed by atoms with Gasteiger partial charge in [0.2, 0.25) is 5.91 Å². The molecule has 0 aliphatic rings. The molecule has 1 N–H and O–H groups in total. The average molecular weight is 471 g/mol. The van der Waals surface area contributed by atoms with E-state index in [1.165, 1.54) is 4.90 Å². The quantitative estimate of drug-likeness (QED) is 0.383. The molecule has 0 spiro atoms. The number of fused-ring (bicyclic) bond motifs is 1. The molecule has 0 saturated heterocycles. The van der Waals surface area contributed by atoms with Gasteiger partial charge in [0.15, 0.2) is 11.5 Å². The minimum Gasteiger partial charge on any atom is -0.467 e. The van der Waals surface area contributed by atoms with E-state index < -0.39 is 5.91 Å². The van der Waals surface area contributed by atoms with Gasteiger partial charge >= 0.3 is 0 Å². The number of rotatable bonds is 7. The van der Waals surface area contributed by atoms with E-state index in [1.54, 1.807) is 67.8 Å².